The number of benzene rings is 2. The van der Waals surface area contributed by atoms with Crippen molar-refractivity contribution in [2.45, 2.75) is 18.9 Å². The first kappa shape index (κ1) is 13.6. The second-order valence-corrected chi connectivity index (χ2v) is 5.15. The zero-order chi connectivity index (χ0) is 14.8. The van der Waals surface area contributed by atoms with E-state index in [0.717, 1.165) is 29.7 Å². The van der Waals surface area contributed by atoms with Gasteiger partial charge in [0.15, 0.2) is 0 Å². The molecule has 0 saturated carbocycles. The van der Waals surface area contributed by atoms with Crippen LogP contribution >= 0.6 is 0 Å². The number of ether oxygens (including phenoxy) is 1. The summed E-state index contributed by atoms with van der Waals surface area (Å²) in [5, 5.41) is 3.43. The van der Waals surface area contributed by atoms with E-state index in [1.165, 1.54) is 13.2 Å². The average Bonchev–Trinajstić information content (AvgIpc) is 2.89. The van der Waals surface area contributed by atoms with Crippen molar-refractivity contribution in [2.24, 2.45) is 0 Å². The third kappa shape index (κ3) is 2.75. The minimum absolute atomic E-state index is 0.183. The maximum atomic E-state index is 13.2. The van der Waals surface area contributed by atoms with Gasteiger partial charge < -0.3 is 10.1 Å². The van der Waals surface area contributed by atoms with Gasteiger partial charge in [0, 0.05) is 5.69 Å². The van der Waals surface area contributed by atoms with Gasteiger partial charge in [0.1, 0.15) is 5.82 Å². The molecule has 1 aliphatic rings. The fraction of sp³-hybridized carbons (Fsp3) is 0.235. The highest BCUT2D eigenvalue weighted by atomic mass is 19.1. The SMILES string of the molecule is COC(=O)c1ccc(NC2CCc3cc(F)ccc32)cc1. The summed E-state index contributed by atoms with van der Waals surface area (Å²) in [5.41, 5.74) is 3.67. The predicted molar refractivity (Wildman–Crippen MR) is 78.9 cm³/mol. The average molecular weight is 285 g/mol. The van der Waals surface area contributed by atoms with Crippen LogP contribution in [0.4, 0.5) is 10.1 Å². The molecule has 1 atom stereocenters. The standard InChI is InChI=1S/C17H16FNO2/c1-21-17(20)11-2-6-14(7-3-11)19-16-9-4-12-10-13(18)5-8-15(12)16/h2-3,5-8,10,16,19H,4,9H2,1H3. The number of fused-ring (bicyclic) bond motifs is 1. The van der Waals surface area contributed by atoms with Crippen LogP contribution in [0.1, 0.15) is 33.9 Å². The van der Waals surface area contributed by atoms with Gasteiger partial charge in [0.25, 0.3) is 0 Å². The van der Waals surface area contributed by atoms with Crippen molar-refractivity contribution < 1.29 is 13.9 Å². The molecule has 0 aliphatic heterocycles. The molecule has 3 nitrogen and oxygen atoms in total. The summed E-state index contributed by atoms with van der Waals surface area (Å²) in [7, 11) is 1.36. The van der Waals surface area contributed by atoms with Gasteiger partial charge in [-0.05, 0) is 60.4 Å². The Morgan fingerprint density at radius 3 is 2.71 bits per heavy atom. The van der Waals surface area contributed by atoms with Gasteiger partial charge >= 0.3 is 5.97 Å². The van der Waals surface area contributed by atoms with Gasteiger partial charge in [-0.1, -0.05) is 6.07 Å². The molecule has 1 N–H and O–H groups in total. The molecule has 0 heterocycles. The fourth-order valence-corrected chi connectivity index (χ4v) is 2.76. The third-order valence-electron chi connectivity index (χ3n) is 3.83. The fourth-order valence-electron chi connectivity index (χ4n) is 2.76. The molecule has 0 radical (unpaired) electrons. The number of halogens is 1. The van der Waals surface area contributed by atoms with E-state index in [1.54, 1.807) is 18.2 Å². The minimum Gasteiger partial charge on any atom is -0.465 e. The topological polar surface area (TPSA) is 38.3 Å². The summed E-state index contributed by atoms with van der Waals surface area (Å²) in [6.45, 7) is 0. The van der Waals surface area contributed by atoms with E-state index in [0.29, 0.717) is 5.56 Å². The largest absolute Gasteiger partial charge is 0.465 e. The summed E-state index contributed by atoms with van der Waals surface area (Å²) in [6, 6.07) is 12.3. The molecule has 0 bridgehead atoms. The Morgan fingerprint density at radius 2 is 2.00 bits per heavy atom. The van der Waals surface area contributed by atoms with Crippen LogP contribution in [0.15, 0.2) is 42.5 Å². The molecule has 2 aromatic rings. The first-order chi connectivity index (χ1) is 10.2. The number of hydrogen-bond donors (Lipinski definition) is 1. The van der Waals surface area contributed by atoms with Crippen molar-refractivity contribution in [3.05, 3.63) is 65.0 Å². The number of esters is 1. The molecule has 0 aromatic heterocycles. The van der Waals surface area contributed by atoms with E-state index in [-0.39, 0.29) is 17.8 Å². The lowest BCUT2D eigenvalue weighted by molar-refractivity contribution is 0.0601. The van der Waals surface area contributed by atoms with E-state index < -0.39 is 0 Å². The van der Waals surface area contributed by atoms with Crippen LogP contribution in [-0.4, -0.2) is 13.1 Å². The third-order valence-corrected chi connectivity index (χ3v) is 3.83. The molecule has 4 heteroatoms. The van der Waals surface area contributed by atoms with E-state index in [1.807, 2.05) is 18.2 Å². The minimum atomic E-state index is -0.344. The van der Waals surface area contributed by atoms with Gasteiger partial charge in [0.2, 0.25) is 0 Å². The van der Waals surface area contributed by atoms with Gasteiger partial charge in [-0.3, -0.25) is 0 Å². The van der Waals surface area contributed by atoms with E-state index >= 15 is 0 Å². The van der Waals surface area contributed by atoms with Gasteiger partial charge in [0.05, 0.1) is 18.7 Å². The van der Waals surface area contributed by atoms with Crippen LogP contribution in [-0.2, 0) is 11.2 Å². The van der Waals surface area contributed by atoms with Crippen molar-refractivity contribution in [3.8, 4) is 0 Å². The zero-order valence-electron chi connectivity index (χ0n) is 11.7. The zero-order valence-corrected chi connectivity index (χ0v) is 11.7. The van der Waals surface area contributed by atoms with Crippen LogP contribution < -0.4 is 5.32 Å². The number of carbonyl (C=O) groups excluding carboxylic acids is 1. The second-order valence-electron chi connectivity index (χ2n) is 5.15. The molecule has 0 amide bonds. The van der Waals surface area contributed by atoms with Crippen LogP contribution in [0.2, 0.25) is 0 Å². The number of hydrogen-bond acceptors (Lipinski definition) is 3. The lowest BCUT2D eigenvalue weighted by Crippen LogP contribution is -2.07. The van der Waals surface area contributed by atoms with E-state index in [4.69, 9.17) is 0 Å². The molecule has 3 rings (SSSR count). The number of carbonyl (C=O) groups is 1. The molecule has 21 heavy (non-hydrogen) atoms. The van der Waals surface area contributed by atoms with Crippen LogP contribution in [0.5, 0.6) is 0 Å². The van der Waals surface area contributed by atoms with Crippen molar-refractivity contribution >= 4 is 11.7 Å². The Kier molecular flexibility index (Phi) is 3.60. The van der Waals surface area contributed by atoms with Crippen LogP contribution in [0.25, 0.3) is 0 Å². The molecule has 2 aromatic carbocycles. The lowest BCUT2D eigenvalue weighted by atomic mass is 10.1. The number of rotatable bonds is 3. The molecule has 108 valence electrons. The summed E-state index contributed by atoms with van der Waals surface area (Å²) < 4.78 is 17.9. The van der Waals surface area contributed by atoms with Gasteiger partial charge in [-0.2, -0.15) is 0 Å². The number of anilines is 1. The summed E-state index contributed by atoms with van der Waals surface area (Å²) in [4.78, 5) is 11.4. The second kappa shape index (κ2) is 5.56. The van der Waals surface area contributed by atoms with Crippen molar-refractivity contribution in [1.29, 1.82) is 0 Å². The van der Waals surface area contributed by atoms with E-state index in [9.17, 15) is 9.18 Å². The first-order valence-corrected chi connectivity index (χ1v) is 6.90. The van der Waals surface area contributed by atoms with Gasteiger partial charge in [-0.15, -0.1) is 0 Å². The summed E-state index contributed by atoms with van der Waals surface area (Å²) >= 11 is 0. The number of aryl methyl sites for hydroxylation is 1. The molecular formula is C17H16FNO2. The summed E-state index contributed by atoms with van der Waals surface area (Å²) in [6.07, 6.45) is 1.82. The molecule has 0 fully saturated rings. The first-order valence-electron chi connectivity index (χ1n) is 6.90. The molecule has 1 aliphatic carbocycles. The van der Waals surface area contributed by atoms with E-state index in [2.05, 4.69) is 10.1 Å². The Morgan fingerprint density at radius 1 is 1.24 bits per heavy atom. The molecule has 0 saturated heterocycles. The van der Waals surface area contributed by atoms with Crippen molar-refractivity contribution in [1.82, 2.24) is 0 Å². The number of methoxy groups -OCH3 is 1. The Labute approximate surface area is 122 Å². The maximum absolute atomic E-state index is 13.2. The lowest BCUT2D eigenvalue weighted by Gasteiger charge is -2.15. The van der Waals surface area contributed by atoms with Gasteiger partial charge in [-0.25, -0.2) is 9.18 Å². The Balaban J connectivity index is 1.75. The van der Waals surface area contributed by atoms with Crippen molar-refractivity contribution in [2.75, 3.05) is 12.4 Å². The van der Waals surface area contributed by atoms with Crippen LogP contribution in [0.3, 0.4) is 0 Å². The highest BCUT2D eigenvalue weighted by Crippen LogP contribution is 2.34. The Bertz CT molecular complexity index is 667. The molecule has 0 spiro atoms. The molecule has 1 unspecified atom stereocenters. The Hall–Kier alpha value is -2.36. The number of nitrogens with one attached hydrogen (secondary N) is 1. The predicted octanol–water partition coefficient (Wildman–Crippen LogP) is 3.71. The maximum Gasteiger partial charge on any atom is 0.337 e. The highest BCUT2D eigenvalue weighted by molar-refractivity contribution is 5.89. The normalized spacial score (nSPS) is 16.4. The quantitative estimate of drug-likeness (QED) is 0.874. The summed E-state index contributed by atoms with van der Waals surface area (Å²) in [5.74, 6) is -0.528. The smallest absolute Gasteiger partial charge is 0.337 e. The van der Waals surface area contributed by atoms with Crippen molar-refractivity contribution in [3.63, 3.8) is 0 Å². The monoisotopic (exact) mass is 285 g/mol. The highest BCUT2D eigenvalue weighted by Gasteiger charge is 2.22. The molecular weight excluding hydrogens is 269 g/mol. The van der Waals surface area contributed by atoms with Crippen LogP contribution in [0, 0.1) is 5.82 Å².